The first kappa shape index (κ1) is 83.4. The third-order valence-electron chi connectivity index (χ3n) is 16.3. The maximum absolute atomic E-state index is 11.8. The van der Waals surface area contributed by atoms with Crippen molar-refractivity contribution in [3.8, 4) is 0 Å². The molecule has 522 valence electrons. The van der Waals surface area contributed by atoms with E-state index in [2.05, 4.69) is 114 Å². The Kier molecular flexibility index (Phi) is 32.3. The van der Waals surface area contributed by atoms with Gasteiger partial charge in [0.15, 0.2) is 0 Å². The molecule has 0 heterocycles. The lowest BCUT2D eigenvalue weighted by Crippen LogP contribution is -2.45. The zero-order valence-electron chi connectivity index (χ0n) is 62.6. The van der Waals surface area contributed by atoms with Crippen molar-refractivity contribution in [2.75, 3.05) is 172 Å². The Morgan fingerprint density at radius 3 is 0.772 bits per heavy atom. The highest BCUT2D eigenvalue weighted by Crippen LogP contribution is 2.30. The molecule has 0 amide bonds. The second-order valence-electron chi connectivity index (χ2n) is 31.1. The summed E-state index contributed by atoms with van der Waals surface area (Å²) in [5.74, 6) is 0. The van der Waals surface area contributed by atoms with Gasteiger partial charge in [0.2, 0.25) is 0 Å². The predicted molar refractivity (Wildman–Crippen MR) is 397 cm³/mol. The normalized spacial score (nSPS) is 11.9. The summed E-state index contributed by atoms with van der Waals surface area (Å²) in [5, 5.41) is 5.75. The van der Waals surface area contributed by atoms with E-state index in [9.17, 15) is 47.9 Å². The van der Waals surface area contributed by atoms with E-state index in [0.29, 0.717) is 90.5 Å². The van der Waals surface area contributed by atoms with Crippen molar-refractivity contribution in [1.82, 2.24) is 0 Å². The molecule has 0 aliphatic carbocycles. The van der Waals surface area contributed by atoms with Gasteiger partial charge in [-0.25, -0.2) is 0 Å². The summed E-state index contributed by atoms with van der Waals surface area (Å²) in [5.41, 5.74) is 3.47. The van der Waals surface area contributed by atoms with E-state index in [1.807, 2.05) is 104 Å². The highest BCUT2D eigenvalue weighted by Gasteiger charge is 2.30. The monoisotopic (exact) mass is 1290 g/mol. The van der Waals surface area contributed by atoms with Crippen molar-refractivity contribution in [2.24, 2.45) is 27.1 Å². The molecule has 5 rings (SSSR count). The molecule has 0 radical (unpaired) electrons. The molecule has 0 unspecified atom stereocenters. The molecule has 0 saturated carbocycles. The summed E-state index contributed by atoms with van der Waals surface area (Å²) < 4.78 is 0. The maximum atomic E-state index is 11.8. The first-order valence-corrected chi connectivity index (χ1v) is 33.4. The molecule has 0 atom stereocenters. The van der Waals surface area contributed by atoms with Crippen LogP contribution in [0.2, 0.25) is 0 Å². The Morgan fingerprint density at radius 2 is 0.511 bits per heavy atom. The summed E-state index contributed by atoms with van der Waals surface area (Å²) in [6, 6.07) is 0. The van der Waals surface area contributed by atoms with Crippen LogP contribution < -0.4 is 104 Å². The van der Waals surface area contributed by atoms with E-state index in [0.717, 1.165) is 117 Å². The molecule has 0 spiro atoms. The van der Waals surface area contributed by atoms with Crippen LogP contribution >= 0.6 is 0 Å². The largest absolute Gasteiger partial charge is 0.383 e. The smallest absolute Gasteiger partial charge is 0.253 e. The fourth-order valence-corrected chi connectivity index (χ4v) is 10.8. The number of rotatable bonds is 29. The fraction of sp³-hybridized carbons (Fsp3) is 0.722. The van der Waals surface area contributed by atoms with E-state index in [1.54, 1.807) is 26.0 Å². The lowest BCUT2D eigenvalue weighted by Gasteiger charge is -2.30. The Labute approximate surface area is 551 Å². The molecule has 0 saturated heterocycles. The lowest BCUT2D eigenvalue weighted by molar-refractivity contribution is 0.367. The maximum Gasteiger partial charge on any atom is 0.253 e. The summed E-state index contributed by atoms with van der Waals surface area (Å²) in [7, 11) is 16.5. The van der Waals surface area contributed by atoms with Crippen LogP contribution in [0.15, 0.2) is 47.9 Å². The van der Waals surface area contributed by atoms with Crippen molar-refractivity contribution in [2.45, 2.75) is 196 Å². The second-order valence-corrected chi connectivity index (χ2v) is 31.1. The zero-order chi connectivity index (χ0) is 71.5. The van der Waals surface area contributed by atoms with Crippen molar-refractivity contribution >= 4 is 56.9 Å². The minimum Gasteiger partial charge on any atom is -0.383 e. The fourth-order valence-electron chi connectivity index (χ4n) is 10.8. The number of nitrogens with one attached hydrogen (secondary N) is 2. The van der Waals surface area contributed by atoms with Gasteiger partial charge >= 0.3 is 0 Å². The number of hydrogen-bond donors (Lipinski definition) is 2. The molecule has 20 heteroatoms. The molecular formula is C72H124N10O10. The van der Waals surface area contributed by atoms with E-state index in [-0.39, 0.29) is 48.9 Å². The van der Waals surface area contributed by atoms with Gasteiger partial charge in [-0.3, -0.25) is 47.9 Å². The molecule has 92 heavy (non-hydrogen) atoms. The van der Waals surface area contributed by atoms with Crippen LogP contribution in [-0.2, 0) is 0 Å². The van der Waals surface area contributed by atoms with Crippen LogP contribution in [0, 0.1) is 27.1 Å². The van der Waals surface area contributed by atoms with Crippen LogP contribution in [0.25, 0.3) is 0 Å². The molecule has 20 nitrogen and oxygen atoms in total. The third kappa shape index (κ3) is 24.7. The van der Waals surface area contributed by atoms with Crippen LogP contribution in [0.3, 0.4) is 0 Å². The average Bonchev–Trinajstić information content (AvgIpc) is 0.798. The van der Waals surface area contributed by atoms with Gasteiger partial charge in [0.1, 0.15) is 56.9 Å². The Balaban J connectivity index is 0.000000576. The van der Waals surface area contributed by atoms with Crippen molar-refractivity contribution in [3.05, 3.63) is 102 Å². The van der Waals surface area contributed by atoms with E-state index in [4.69, 9.17) is 0 Å². The minimum atomic E-state index is -0.398. The van der Waals surface area contributed by atoms with Crippen LogP contribution in [0.4, 0.5) is 56.9 Å². The van der Waals surface area contributed by atoms with E-state index in [1.165, 1.54) is 0 Å². The molecule has 2 N–H and O–H groups in total. The summed E-state index contributed by atoms with van der Waals surface area (Å²) in [4.78, 5) is 131. The van der Waals surface area contributed by atoms with Crippen LogP contribution in [0.1, 0.15) is 196 Å². The summed E-state index contributed by atoms with van der Waals surface area (Å²) in [6.07, 6.45) is 10.6. The molecule has 0 aromatic heterocycles. The van der Waals surface area contributed by atoms with E-state index >= 15 is 0 Å². The molecule has 5 aromatic rings. The molecule has 0 aliphatic rings. The van der Waals surface area contributed by atoms with Gasteiger partial charge in [0, 0.05) is 122 Å². The molecule has 0 aliphatic heterocycles. The van der Waals surface area contributed by atoms with Crippen LogP contribution in [-0.4, -0.2) is 122 Å². The second kappa shape index (κ2) is 35.6. The molecule has 5 aromatic carbocycles. The first-order chi connectivity index (χ1) is 42.1. The van der Waals surface area contributed by atoms with Crippen LogP contribution in [0.5, 0.6) is 0 Å². The SMILES string of the molecule is CCN(C)c1c(N(C)CCCC(C)(C)C)c(=O)c1=O.CCN(CC)c1c(N(C)CCCC(C)(C)C)c(=O)c1=O.CCNc1c(N(C)CCCC(C)(C)C)c(=O)c1=O.CN(C)c1c(N(C)CCCC(C)(C)C)c(=O)c1=O.CNc1c(N(C)CCCC(C)(C)C)c(=O)c1=O. The van der Waals surface area contributed by atoms with Gasteiger partial charge < -0.3 is 49.8 Å². The topological polar surface area (TPSA) is 221 Å². The third-order valence-corrected chi connectivity index (χ3v) is 16.3. The molecule has 0 fully saturated rings. The Morgan fingerprint density at radius 1 is 0.283 bits per heavy atom. The number of anilines is 10. The number of hydrogen-bond acceptors (Lipinski definition) is 20. The lowest BCUT2D eigenvalue weighted by atomic mass is 9.90. The first-order valence-electron chi connectivity index (χ1n) is 33.4. The van der Waals surface area contributed by atoms with E-state index < -0.39 is 5.43 Å². The minimum absolute atomic E-state index is 0.302. The Bertz CT molecular complexity index is 3440. The quantitative estimate of drug-likeness (QED) is 0.0426. The summed E-state index contributed by atoms with van der Waals surface area (Å²) >= 11 is 0. The predicted octanol–water partition coefficient (Wildman–Crippen LogP) is 9.57. The highest BCUT2D eigenvalue weighted by molar-refractivity contribution is 5.78. The van der Waals surface area contributed by atoms with Crippen molar-refractivity contribution < 1.29 is 0 Å². The van der Waals surface area contributed by atoms with Gasteiger partial charge in [-0.15, -0.1) is 0 Å². The Hall–Kier alpha value is -6.60. The van der Waals surface area contributed by atoms with Crippen molar-refractivity contribution in [3.63, 3.8) is 0 Å². The number of nitrogens with zero attached hydrogens (tertiary/aromatic N) is 8. The standard InChI is InChI=1S/C16H28N2O2.C15H26N2O2.2C14H24N2O2.C13H22N2O2/c1-7-18(8-2)13-12(14(19)15(13)20)17(6)11-9-10-16(3,4)5;1-7-16(5)11-12(14(19)13(11)18)17(6)10-8-9-15(2,3)4;1-14(2,3)8-7-9-16(6)11-10(15(4)5)12(17)13(11)18;1-6-15-10-11(13(18)12(10)17)16(5)9-7-8-14(2,3)4;1-13(2,3)7-6-8-15(5)10-9(14-4)11(16)12(10)17/h7-11H2,1-6H3;7-10H2,1-6H3;7-9H2,1-6H3;15H,6-9H2,1-5H3;14H,6-8H2,1-5H3. The molecular weight excluding hydrogens is 1160 g/mol. The van der Waals surface area contributed by atoms with Gasteiger partial charge in [-0.2, -0.15) is 0 Å². The van der Waals surface area contributed by atoms with Gasteiger partial charge in [-0.05, 0) is 119 Å². The van der Waals surface area contributed by atoms with Crippen molar-refractivity contribution in [1.29, 1.82) is 0 Å². The van der Waals surface area contributed by atoms with Gasteiger partial charge in [0.05, 0.1) is 0 Å². The zero-order valence-corrected chi connectivity index (χ0v) is 62.6. The summed E-state index contributed by atoms with van der Waals surface area (Å²) in [6.45, 7) is 47.9. The molecule has 0 bridgehead atoms. The average molecular weight is 1290 g/mol. The van der Waals surface area contributed by atoms with Gasteiger partial charge in [-0.1, -0.05) is 104 Å². The van der Waals surface area contributed by atoms with Gasteiger partial charge in [0.25, 0.3) is 54.3 Å². The highest BCUT2D eigenvalue weighted by atomic mass is 16.2.